The Morgan fingerprint density at radius 2 is 1.82 bits per heavy atom. The summed E-state index contributed by atoms with van der Waals surface area (Å²) in [6, 6.07) is 21.0. The molecular weight excluding hydrogens is 395 g/mol. The molecule has 0 heterocycles. The highest BCUT2D eigenvalue weighted by molar-refractivity contribution is 6.42. The first-order valence-corrected chi connectivity index (χ1v) is 9.46. The Kier molecular flexibility index (Phi) is 7.18. The molecule has 0 aliphatic heterocycles. The minimum Gasteiger partial charge on any atom is -0.496 e. The Morgan fingerprint density at radius 1 is 0.964 bits per heavy atom. The number of ether oxygens (including phenoxy) is 2. The van der Waals surface area contributed by atoms with Gasteiger partial charge in [0.15, 0.2) is 0 Å². The lowest BCUT2D eigenvalue weighted by molar-refractivity contribution is 0.306. The molecule has 0 radical (unpaired) electrons. The molecule has 4 nitrogen and oxygen atoms in total. The lowest BCUT2D eigenvalue weighted by Gasteiger charge is -2.08. The summed E-state index contributed by atoms with van der Waals surface area (Å²) in [6.45, 7) is 0.984. The highest BCUT2D eigenvalue weighted by Crippen LogP contribution is 2.23. The van der Waals surface area contributed by atoms with Crippen molar-refractivity contribution in [2.45, 2.75) is 13.2 Å². The molecule has 0 atom stereocenters. The van der Waals surface area contributed by atoms with Crippen molar-refractivity contribution < 1.29 is 9.47 Å². The van der Waals surface area contributed by atoms with E-state index in [9.17, 15) is 0 Å². The largest absolute Gasteiger partial charge is 0.496 e. The number of nitrogens with zero attached hydrogens (tertiary/aromatic N) is 1. The highest BCUT2D eigenvalue weighted by atomic mass is 35.5. The third-order valence-electron chi connectivity index (χ3n) is 4.01. The van der Waals surface area contributed by atoms with Crippen molar-refractivity contribution in [1.29, 1.82) is 0 Å². The van der Waals surface area contributed by atoms with Gasteiger partial charge in [0.25, 0.3) is 0 Å². The molecule has 1 N–H and O–H groups in total. The van der Waals surface area contributed by atoms with Gasteiger partial charge in [-0.3, -0.25) is 0 Å². The van der Waals surface area contributed by atoms with Gasteiger partial charge in [-0.05, 0) is 41.5 Å². The summed E-state index contributed by atoms with van der Waals surface area (Å²) in [6.07, 6.45) is 1.75. The van der Waals surface area contributed by atoms with Gasteiger partial charge in [0.05, 0.1) is 29.9 Å². The number of benzene rings is 3. The zero-order valence-electron chi connectivity index (χ0n) is 15.4. The summed E-state index contributed by atoms with van der Waals surface area (Å²) in [4.78, 5) is 0. The van der Waals surface area contributed by atoms with Crippen LogP contribution in [-0.4, -0.2) is 13.3 Å². The maximum absolute atomic E-state index is 6.04. The van der Waals surface area contributed by atoms with E-state index in [1.807, 2.05) is 54.6 Å². The summed E-state index contributed by atoms with van der Waals surface area (Å²) in [7, 11) is 1.66. The van der Waals surface area contributed by atoms with Crippen molar-refractivity contribution in [3.05, 3.63) is 93.5 Å². The van der Waals surface area contributed by atoms with Gasteiger partial charge in [0.2, 0.25) is 0 Å². The van der Waals surface area contributed by atoms with Gasteiger partial charge in [-0.25, -0.2) is 0 Å². The molecule has 0 saturated carbocycles. The molecule has 0 aliphatic carbocycles. The highest BCUT2D eigenvalue weighted by Gasteiger charge is 2.02. The second-order valence-corrected chi connectivity index (χ2v) is 6.83. The number of rotatable bonds is 8. The Bertz CT molecular complexity index is 961. The molecule has 0 amide bonds. The van der Waals surface area contributed by atoms with Crippen LogP contribution in [0.4, 0.5) is 0 Å². The van der Waals surface area contributed by atoms with Crippen LogP contribution < -0.4 is 14.9 Å². The third-order valence-corrected chi connectivity index (χ3v) is 4.75. The first-order valence-electron chi connectivity index (χ1n) is 8.70. The minimum atomic E-state index is 0.406. The van der Waals surface area contributed by atoms with Gasteiger partial charge in [0, 0.05) is 5.56 Å². The zero-order valence-corrected chi connectivity index (χ0v) is 16.9. The molecule has 6 heteroatoms. The predicted molar refractivity (Wildman–Crippen MR) is 115 cm³/mol. The van der Waals surface area contributed by atoms with E-state index in [0.717, 1.165) is 28.2 Å². The van der Waals surface area contributed by atoms with E-state index < -0.39 is 0 Å². The molecular formula is C22H20Cl2N2O2. The molecule has 0 fully saturated rings. The first-order chi connectivity index (χ1) is 13.7. The normalized spacial score (nSPS) is 10.8. The second-order valence-electron chi connectivity index (χ2n) is 6.01. The summed E-state index contributed by atoms with van der Waals surface area (Å²) >= 11 is 12.0. The van der Waals surface area contributed by atoms with Crippen LogP contribution in [0.5, 0.6) is 11.5 Å². The van der Waals surface area contributed by atoms with Gasteiger partial charge in [-0.1, -0.05) is 59.6 Å². The van der Waals surface area contributed by atoms with Crippen LogP contribution in [0, 0.1) is 0 Å². The molecule has 3 aromatic carbocycles. The van der Waals surface area contributed by atoms with Crippen LogP contribution in [-0.2, 0) is 13.2 Å². The topological polar surface area (TPSA) is 42.8 Å². The Balaban J connectivity index is 1.55. The maximum Gasteiger partial charge on any atom is 0.123 e. The van der Waals surface area contributed by atoms with E-state index in [2.05, 4.69) is 10.5 Å². The van der Waals surface area contributed by atoms with Crippen LogP contribution in [0.25, 0.3) is 0 Å². The molecule has 3 aromatic rings. The van der Waals surface area contributed by atoms with E-state index in [1.165, 1.54) is 0 Å². The lowest BCUT2D eigenvalue weighted by Crippen LogP contribution is -2.06. The standard InChI is InChI=1S/C22H20Cl2N2O2/c1-27-22-8-3-2-6-18(22)14-26-25-13-16-5-4-7-19(11-16)28-15-17-9-10-20(23)21(24)12-17/h2-13,26H,14-15H2,1H3/b25-13-. The number of hydrazone groups is 1. The third kappa shape index (κ3) is 5.65. The van der Waals surface area contributed by atoms with Gasteiger partial charge in [-0.2, -0.15) is 5.10 Å². The van der Waals surface area contributed by atoms with Crippen LogP contribution in [0.15, 0.2) is 71.8 Å². The number of hydrogen-bond acceptors (Lipinski definition) is 4. The molecule has 0 aliphatic rings. The zero-order chi connectivity index (χ0) is 19.8. The Morgan fingerprint density at radius 3 is 2.64 bits per heavy atom. The van der Waals surface area contributed by atoms with E-state index in [4.69, 9.17) is 32.7 Å². The van der Waals surface area contributed by atoms with E-state index in [1.54, 1.807) is 25.5 Å². The van der Waals surface area contributed by atoms with Crippen LogP contribution in [0.2, 0.25) is 10.0 Å². The first kappa shape index (κ1) is 20.1. The van der Waals surface area contributed by atoms with E-state index in [0.29, 0.717) is 23.2 Å². The molecule has 28 heavy (non-hydrogen) atoms. The molecule has 0 aromatic heterocycles. The quantitative estimate of drug-likeness (QED) is 0.379. The summed E-state index contributed by atoms with van der Waals surface area (Å²) < 4.78 is 11.2. The number of para-hydroxylation sites is 1. The number of halogens is 2. The summed E-state index contributed by atoms with van der Waals surface area (Å²) in [5, 5.41) is 5.32. The van der Waals surface area contributed by atoms with E-state index in [-0.39, 0.29) is 0 Å². The average molecular weight is 415 g/mol. The molecule has 0 bridgehead atoms. The van der Waals surface area contributed by atoms with Crippen molar-refractivity contribution in [3.8, 4) is 11.5 Å². The SMILES string of the molecule is COc1ccccc1CN/N=C\c1cccc(OCc2ccc(Cl)c(Cl)c2)c1. The summed E-state index contributed by atoms with van der Waals surface area (Å²) in [5.74, 6) is 1.59. The molecule has 0 unspecified atom stereocenters. The average Bonchev–Trinajstić information content (AvgIpc) is 2.72. The lowest BCUT2D eigenvalue weighted by atomic mass is 10.2. The van der Waals surface area contributed by atoms with E-state index >= 15 is 0 Å². The van der Waals surface area contributed by atoms with Gasteiger partial charge < -0.3 is 14.9 Å². The fourth-order valence-corrected chi connectivity index (χ4v) is 2.90. The Labute approximate surface area is 174 Å². The fourth-order valence-electron chi connectivity index (χ4n) is 2.58. The van der Waals surface area contributed by atoms with Crippen molar-refractivity contribution >= 4 is 29.4 Å². The fraction of sp³-hybridized carbons (Fsp3) is 0.136. The molecule has 144 valence electrons. The van der Waals surface area contributed by atoms with Crippen molar-refractivity contribution in [1.82, 2.24) is 5.43 Å². The van der Waals surface area contributed by atoms with Gasteiger partial charge in [-0.15, -0.1) is 0 Å². The van der Waals surface area contributed by atoms with Crippen molar-refractivity contribution in [2.75, 3.05) is 7.11 Å². The smallest absolute Gasteiger partial charge is 0.123 e. The number of methoxy groups -OCH3 is 1. The monoisotopic (exact) mass is 414 g/mol. The second kappa shape index (κ2) is 10.0. The molecule has 0 spiro atoms. The number of nitrogens with one attached hydrogen (secondary N) is 1. The minimum absolute atomic E-state index is 0.406. The predicted octanol–water partition coefficient (Wildman–Crippen LogP) is 5.70. The number of hydrogen-bond donors (Lipinski definition) is 1. The van der Waals surface area contributed by atoms with Gasteiger partial charge >= 0.3 is 0 Å². The van der Waals surface area contributed by atoms with Gasteiger partial charge in [0.1, 0.15) is 18.1 Å². The molecule has 0 saturated heterocycles. The van der Waals surface area contributed by atoms with Crippen LogP contribution >= 0.6 is 23.2 Å². The Hall–Kier alpha value is -2.69. The van der Waals surface area contributed by atoms with Crippen molar-refractivity contribution in [3.63, 3.8) is 0 Å². The van der Waals surface area contributed by atoms with Crippen LogP contribution in [0.3, 0.4) is 0 Å². The summed E-state index contributed by atoms with van der Waals surface area (Å²) in [5.41, 5.74) is 5.96. The van der Waals surface area contributed by atoms with Crippen LogP contribution in [0.1, 0.15) is 16.7 Å². The van der Waals surface area contributed by atoms with Crippen molar-refractivity contribution in [2.24, 2.45) is 5.10 Å². The molecule has 3 rings (SSSR count). The maximum atomic E-state index is 6.04.